The predicted molar refractivity (Wildman–Crippen MR) is 98.3 cm³/mol. The van der Waals surface area contributed by atoms with E-state index in [1.54, 1.807) is 6.07 Å². The van der Waals surface area contributed by atoms with Crippen molar-refractivity contribution in [3.05, 3.63) is 59.4 Å². The molecule has 0 saturated heterocycles. The zero-order valence-corrected chi connectivity index (χ0v) is 14.9. The van der Waals surface area contributed by atoms with Crippen molar-refractivity contribution in [1.29, 1.82) is 0 Å². The highest BCUT2D eigenvalue weighted by atomic mass is 19.1. The first kappa shape index (κ1) is 17.7. The second-order valence-corrected chi connectivity index (χ2v) is 6.56. The second-order valence-electron chi connectivity index (χ2n) is 6.56. The number of hydrogen-bond acceptors (Lipinski definition) is 0. The summed E-state index contributed by atoms with van der Waals surface area (Å²) in [4.78, 5) is 0. The molecule has 1 heteroatoms. The Hall–Kier alpha value is -1.63. The molecule has 0 aromatic heterocycles. The maximum Gasteiger partial charge on any atom is 0.131 e. The highest BCUT2D eigenvalue weighted by Crippen LogP contribution is 2.36. The van der Waals surface area contributed by atoms with Crippen LogP contribution in [0.4, 0.5) is 4.39 Å². The molecule has 0 aliphatic heterocycles. The average molecular weight is 312 g/mol. The van der Waals surface area contributed by atoms with E-state index in [2.05, 4.69) is 13.0 Å². The smallest absolute Gasteiger partial charge is 0.131 e. The summed E-state index contributed by atoms with van der Waals surface area (Å²) in [5.74, 6) is 1.29. The molecular weight excluding hydrogens is 283 g/mol. The lowest BCUT2D eigenvalue weighted by atomic mass is 9.79. The first-order valence-corrected chi connectivity index (χ1v) is 9.00. The van der Waals surface area contributed by atoms with Crippen LogP contribution < -0.4 is 0 Å². The first-order chi connectivity index (χ1) is 11.1. The number of benzene rings is 2. The summed E-state index contributed by atoms with van der Waals surface area (Å²) in [5, 5.41) is 0. The number of halogens is 1. The molecule has 0 atom stereocenters. The Labute approximate surface area is 140 Å². The lowest BCUT2D eigenvalue weighted by Gasteiger charge is -2.26. The molecule has 3 rings (SSSR count). The van der Waals surface area contributed by atoms with E-state index in [9.17, 15) is 4.39 Å². The molecule has 0 N–H and O–H groups in total. The van der Waals surface area contributed by atoms with Crippen molar-refractivity contribution in [1.82, 2.24) is 0 Å². The minimum Gasteiger partial charge on any atom is -0.206 e. The quantitative estimate of drug-likeness (QED) is 0.553. The van der Waals surface area contributed by atoms with E-state index in [1.165, 1.54) is 36.8 Å². The molecule has 23 heavy (non-hydrogen) atoms. The maximum absolute atomic E-state index is 14.5. The minimum absolute atomic E-state index is 0.0880. The molecule has 0 heterocycles. The summed E-state index contributed by atoms with van der Waals surface area (Å²) in [7, 11) is 0. The van der Waals surface area contributed by atoms with Crippen molar-refractivity contribution in [3.63, 3.8) is 0 Å². The maximum atomic E-state index is 14.5. The van der Waals surface area contributed by atoms with Gasteiger partial charge in [-0.05, 0) is 48.8 Å². The van der Waals surface area contributed by atoms with Crippen LogP contribution in [0.25, 0.3) is 11.1 Å². The Bertz CT molecular complexity index is 604. The van der Waals surface area contributed by atoms with Crippen molar-refractivity contribution < 1.29 is 4.39 Å². The molecule has 1 aliphatic rings. The van der Waals surface area contributed by atoms with Crippen LogP contribution in [0.15, 0.2) is 42.5 Å². The second kappa shape index (κ2) is 8.29. The van der Waals surface area contributed by atoms with E-state index < -0.39 is 0 Å². The van der Waals surface area contributed by atoms with Crippen LogP contribution in [-0.4, -0.2) is 0 Å². The summed E-state index contributed by atoms with van der Waals surface area (Å²) < 4.78 is 14.5. The number of hydrogen-bond donors (Lipinski definition) is 0. The minimum atomic E-state index is -0.0880. The molecule has 124 valence electrons. The highest BCUT2D eigenvalue weighted by molar-refractivity contribution is 5.64. The van der Waals surface area contributed by atoms with Crippen LogP contribution in [0.2, 0.25) is 0 Å². The van der Waals surface area contributed by atoms with Crippen molar-refractivity contribution in [3.8, 4) is 11.1 Å². The van der Waals surface area contributed by atoms with Crippen LogP contribution in [0.5, 0.6) is 0 Å². The molecule has 1 fully saturated rings. The molecule has 0 unspecified atom stereocenters. The van der Waals surface area contributed by atoms with Crippen LogP contribution in [0, 0.1) is 18.7 Å². The van der Waals surface area contributed by atoms with E-state index in [1.807, 2.05) is 51.1 Å². The largest absolute Gasteiger partial charge is 0.206 e. The molecule has 0 spiro atoms. The highest BCUT2D eigenvalue weighted by Gasteiger charge is 2.20. The zero-order valence-electron chi connectivity index (χ0n) is 14.9. The normalized spacial score (nSPS) is 20.6. The lowest BCUT2D eigenvalue weighted by molar-refractivity contribution is 0.347. The molecule has 2 aromatic carbocycles. The summed E-state index contributed by atoms with van der Waals surface area (Å²) >= 11 is 0. The van der Waals surface area contributed by atoms with Crippen molar-refractivity contribution in [2.75, 3.05) is 0 Å². The van der Waals surface area contributed by atoms with Gasteiger partial charge in [0.05, 0.1) is 0 Å². The van der Waals surface area contributed by atoms with Gasteiger partial charge in [0, 0.05) is 5.56 Å². The van der Waals surface area contributed by atoms with Gasteiger partial charge in [0.15, 0.2) is 0 Å². The van der Waals surface area contributed by atoms with Crippen molar-refractivity contribution in [2.24, 2.45) is 5.92 Å². The Morgan fingerprint density at radius 3 is 2.04 bits per heavy atom. The summed E-state index contributed by atoms with van der Waals surface area (Å²) in [6.45, 7) is 8.37. The van der Waals surface area contributed by atoms with Gasteiger partial charge in [0.2, 0.25) is 0 Å². The topological polar surface area (TPSA) is 0 Å². The third-order valence-corrected chi connectivity index (χ3v) is 4.84. The molecule has 0 amide bonds. The lowest BCUT2D eigenvalue weighted by Crippen LogP contribution is -2.11. The van der Waals surface area contributed by atoms with Gasteiger partial charge in [-0.15, -0.1) is 0 Å². The molecular formula is C22H29F. The molecule has 1 saturated carbocycles. The van der Waals surface area contributed by atoms with Gasteiger partial charge in [0.1, 0.15) is 5.82 Å². The third-order valence-electron chi connectivity index (χ3n) is 4.84. The fourth-order valence-corrected chi connectivity index (χ4v) is 3.35. The van der Waals surface area contributed by atoms with Crippen LogP contribution in [0.1, 0.15) is 63.5 Å². The van der Waals surface area contributed by atoms with Crippen LogP contribution >= 0.6 is 0 Å². The molecule has 0 radical (unpaired) electrons. The van der Waals surface area contributed by atoms with Crippen LogP contribution in [-0.2, 0) is 0 Å². The van der Waals surface area contributed by atoms with Gasteiger partial charge in [-0.1, -0.05) is 75.6 Å². The SMILES string of the molecule is CC.Cc1ccc(-c2ccc(C3CCC(C)CC3)cc2F)cc1. The Balaban J connectivity index is 0.000000924. The van der Waals surface area contributed by atoms with E-state index in [0.29, 0.717) is 11.5 Å². The van der Waals surface area contributed by atoms with Crippen molar-refractivity contribution in [2.45, 2.75) is 59.3 Å². The summed E-state index contributed by atoms with van der Waals surface area (Å²) in [5.41, 5.74) is 4.05. The molecule has 1 aliphatic carbocycles. The van der Waals surface area contributed by atoms with Gasteiger partial charge in [0.25, 0.3) is 0 Å². The molecule has 0 nitrogen and oxygen atoms in total. The number of rotatable bonds is 2. The van der Waals surface area contributed by atoms with Gasteiger partial charge in [-0.3, -0.25) is 0 Å². The van der Waals surface area contributed by atoms with Gasteiger partial charge in [-0.2, -0.15) is 0 Å². The van der Waals surface area contributed by atoms with Gasteiger partial charge in [-0.25, -0.2) is 4.39 Å². The van der Waals surface area contributed by atoms with Crippen molar-refractivity contribution >= 4 is 0 Å². The monoisotopic (exact) mass is 312 g/mol. The molecule has 2 aromatic rings. The third kappa shape index (κ3) is 4.43. The van der Waals surface area contributed by atoms with E-state index >= 15 is 0 Å². The predicted octanol–water partition coefficient (Wildman–Crippen LogP) is 7.12. The van der Waals surface area contributed by atoms with E-state index in [-0.39, 0.29) is 5.82 Å². The van der Waals surface area contributed by atoms with E-state index in [4.69, 9.17) is 0 Å². The Morgan fingerprint density at radius 2 is 1.48 bits per heavy atom. The zero-order chi connectivity index (χ0) is 16.8. The Morgan fingerprint density at radius 1 is 0.870 bits per heavy atom. The number of aryl methyl sites for hydroxylation is 1. The summed E-state index contributed by atoms with van der Waals surface area (Å²) in [6, 6.07) is 13.9. The Kier molecular flexibility index (Phi) is 6.38. The van der Waals surface area contributed by atoms with Gasteiger partial charge >= 0.3 is 0 Å². The fraction of sp³-hybridized carbons (Fsp3) is 0.455. The first-order valence-electron chi connectivity index (χ1n) is 9.00. The average Bonchev–Trinajstić information content (AvgIpc) is 2.58. The van der Waals surface area contributed by atoms with Crippen LogP contribution in [0.3, 0.4) is 0 Å². The fourth-order valence-electron chi connectivity index (χ4n) is 3.35. The van der Waals surface area contributed by atoms with Gasteiger partial charge < -0.3 is 0 Å². The van der Waals surface area contributed by atoms with E-state index in [0.717, 1.165) is 11.5 Å². The summed E-state index contributed by atoms with van der Waals surface area (Å²) in [6.07, 6.45) is 4.94. The standard InChI is InChI=1S/C20H23F.C2H6/c1-14-3-7-16(8-4-14)18-11-12-19(20(21)13-18)17-9-5-15(2)6-10-17;1-2/h5-6,9-14,16H,3-4,7-8H2,1-2H3;1-2H3. The molecule has 0 bridgehead atoms.